The Balaban J connectivity index is 3.32. The Morgan fingerprint density at radius 3 is 2.53 bits per heavy atom. The van der Waals surface area contributed by atoms with Gasteiger partial charge in [0, 0.05) is 0 Å². The van der Waals surface area contributed by atoms with Crippen LogP contribution in [0, 0.1) is 0 Å². The molecular formula is C9H11BrN2O3. The van der Waals surface area contributed by atoms with Crippen LogP contribution in [0.25, 0.3) is 0 Å². The molecule has 0 aliphatic heterocycles. The van der Waals surface area contributed by atoms with Gasteiger partial charge in [0.25, 0.3) is 5.91 Å². The molecule has 3 N–H and O–H groups in total. The lowest BCUT2D eigenvalue weighted by Crippen LogP contribution is -2.30. The van der Waals surface area contributed by atoms with Crippen molar-refractivity contribution in [3.8, 4) is 11.5 Å². The van der Waals surface area contributed by atoms with Gasteiger partial charge in [0.15, 0.2) is 0 Å². The number of nitrogen functional groups attached to an aromatic ring is 1. The van der Waals surface area contributed by atoms with Gasteiger partial charge >= 0.3 is 0 Å². The summed E-state index contributed by atoms with van der Waals surface area (Å²) in [5.41, 5.74) is 2.35. The van der Waals surface area contributed by atoms with Crippen LogP contribution in [0.4, 0.5) is 0 Å². The van der Waals surface area contributed by atoms with Crippen molar-refractivity contribution in [3.05, 3.63) is 22.2 Å². The van der Waals surface area contributed by atoms with E-state index in [2.05, 4.69) is 15.9 Å². The quantitative estimate of drug-likeness (QED) is 0.491. The maximum atomic E-state index is 11.4. The van der Waals surface area contributed by atoms with E-state index in [1.807, 2.05) is 5.43 Å². The zero-order valence-electron chi connectivity index (χ0n) is 8.33. The number of hydrogen-bond acceptors (Lipinski definition) is 4. The summed E-state index contributed by atoms with van der Waals surface area (Å²) >= 11 is 3.27. The lowest BCUT2D eigenvalue weighted by molar-refractivity contribution is 0.0950. The van der Waals surface area contributed by atoms with Crippen molar-refractivity contribution in [2.45, 2.75) is 0 Å². The molecule has 1 rings (SSSR count). The molecule has 1 aromatic carbocycles. The average Bonchev–Trinajstić information content (AvgIpc) is 2.26. The molecule has 0 spiro atoms. The number of nitrogens with one attached hydrogen (secondary N) is 1. The maximum absolute atomic E-state index is 11.4. The largest absolute Gasteiger partial charge is 0.497 e. The van der Waals surface area contributed by atoms with Crippen LogP contribution < -0.4 is 20.7 Å². The second-order valence-corrected chi connectivity index (χ2v) is 3.52. The highest BCUT2D eigenvalue weighted by atomic mass is 79.9. The summed E-state index contributed by atoms with van der Waals surface area (Å²) in [5.74, 6) is 5.58. The number of benzene rings is 1. The number of hydrogen-bond donors (Lipinski definition) is 2. The Morgan fingerprint density at radius 1 is 1.40 bits per heavy atom. The minimum atomic E-state index is -0.438. The molecule has 0 saturated heterocycles. The summed E-state index contributed by atoms with van der Waals surface area (Å²) in [7, 11) is 2.98. The first-order chi connectivity index (χ1) is 7.13. The number of ether oxygens (including phenoxy) is 2. The molecule has 15 heavy (non-hydrogen) atoms. The summed E-state index contributed by atoms with van der Waals surface area (Å²) in [5, 5.41) is 0. The molecule has 0 aliphatic carbocycles. The number of carbonyl (C=O) groups excluding carboxylic acids is 1. The van der Waals surface area contributed by atoms with E-state index in [4.69, 9.17) is 15.3 Å². The molecule has 6 heteroatoms. The number of rotatable bonds is 3. The van der Waals surface area contributed by atoms with Crippen molar-refractivity contribution in [2.24, 2.45) is 5.84 Å². The summed E-state index contributed by atoms with van der Waals surface area (Å²) < 4.78 is 10.7. The lowest BCUT2D eigenvalue weighted by atomic mass is 10.2. The van der Waals surface area contributed by atoms with E-state index in [1.54, 1.807) is 12.1 Å². The lowest BCUT2D eigenvalue weighted by Gasteiger charge is -2.11. The second kappa shape index (κ2) is 4.99. The van der Waals surface area contributed by atoms with Crippen molar-refractivity contribution in [2.75, 3.05) is 14.2 Å². The SMILES string of the molecule is COc1cc(Br)c(OC)c(C(=O)NN)c1. The topological polar surface area (TPSA) is 73.6 Å². The van der Waals surface area contributed by atoms with Gasteiger partial charge in [0.1, 0.15) is 11.5 Å². The molecule has 0 saturated carbocycles. The van der Waals surface area contributed by atoms with Crippen LogP contribution in [0.3, 0.4) is 0 Å². The first-order valence-electron chi connectivity index (χ1n) is 4.06. The fraction of sp³-hybridized carbons (Fsp3) is 0.222. The van der Waals surface area contributed by atoms with Crippen molar-refractivity contribution >= 4 is 21.8 Å². The van der Waals surface area contributed by atoms with Gasteiger partial charge in [0.05, 0.1) is 24.3 Å². The van der Waals surface area contributed by atoms with E-state index in [0.717, 1.165) is 0 Å². The molecule has 1 aromatic rings. The summed E-state index contributed by atoms with van der Waals surface area (Å²) in [6, 6.07) is 3.25. The van der Waals surface area contributed by atoms with E-state index in [0.29, 0.717) is 21.5 Å². The highest BCUT2D eigenvalue weighted by Gasteiger charge is 2.16. The molecule has 82 valence electrons. The van der Waals surface area contributed by atoms with Gasteiger partial charge in [-0.3, -0.25) is 10.2 Å². The Kier molecular flexibility index (Phi) is 3.93. The van der Waals surface area contributed by atoms with Crippen LogP contribution in [0.5, 0.6) is 11.5 Å². The molecule has 0 bridgehead atoms. The summed E-state index contributed by atoms with van der Waals surface area (Å²) in [6.45, 7) is 0. The van der Waals surface area contributed by atoms with Crippen LogP contribution >= 0.6 is 15.9 Å². The maximum Gasteiger partial charge on any atom is 0.269 e. The van der Waals surface area contributed by atoms with Crippen molar-refractivity contribution < 1.29 is 14.3 Å². The number of hydrazine groups is 1. The van der Waals surface area contributed by atoms with Gasteiger partial charge in [-0.15, -0.1) is 0 Å². The number of amides is 1. The van der Waals surface area contributed by atoms with Crippen LogP contribution in [-0.2, 0) is 0 Å². The molecule has 1 amide bonds. The third kappa shape index (κ3) is 2.40. The molecular weight excluding hydrogens is 264 g/mol. The Bertz CT molecular complexity index is 382. The van der Waals surface area contributed by atoms with E-state index in [-0.39, 0.29) is 0 Å². The summed E-state index contributed by atoms with van der Waals surface area (Å²) in [4.78, 5) is 11.4. The first-order valence-corrected chi connectivity index (χ1v) is 4.85. The highest BCUT2D eigenvalue weighted by molar-refractivity contribution is 9.10. The Hall–Kier alpha value is -1.27. The van der Waals surface area contributed by atoms with E-state index in [9.17, 15) is 4.79 Å². The minimum absolute atomic E-state index is 0.311. The third-order valence-corrected chi connectivity index (χ3v) is 2.42. The standard InChI is InChI=1S/C9H11BrN2O3/c1-14-5-3-6(9(13)12-11)8(15-2)7(10)4-5/h3-4H,11H2,1-2H3,(H,12,13). The van der Waals surface area contributed by atoms with E-state index >= 15 is 0 Å². The predicted octanol–water partition coefficient (Wildman–Crippen LogP) is 1.07. The first kappa shape index (κ1) is 11.8. The fourth-order valence-corrected chi connectivity index (χ4v) is 1.74. The van der Waals surface area contributed by atoms with Crippen LogP contribution in [0.1, 0.15) is 10.4 Å². The Labute approximate surface area is 95.6 Å². The fourth-order valence-electron chi connectivity index (χ4n) is 1.14. The molecule has 0 unspecified atom stereocenters. The van der Waals surface area contributed by atoms with Crippen molar-refractivity contribution in [1.29, 1.82) is 0 Å². The van der Waals surface area contributed by atoms with E-state index in [1.165, 1.54) is 14.2 Å². The van der Waals surface area contributed by atoms with Crippen LogP contribution in [0.2, 0.25) is 0 Å². The summed E-state index contributed by atoms with van der Waals surface area (Å²) in [6.07, 6.45) is 0. The number of methoxy groups -OCH3 is 2. The smallest absolute Gasteiger partial charge is 0.269 e. The van der Waals surface area contributed by atoms with Crippen molar-refractivity contribution in [3.63, 3.8) is 0 Å². The molecule has 0 fully saturated rings. The average molecular weight is 275 g/mol. The zero-order valence-corrected chi connectivity index (χ0v) is 9.92. The van der Waals surface area contributed by atoms with Gasteiger partial charge < -0.3 is 9.47 Å². The molecule has 0 heterocycles. The van der Waals surface area contributed by atoms with Gasteiger partial charge in [0.2, 0.25) is 0 Å². The van der Waals surface area contributed by atoms with E-state index < -0.39 is 5.91 Å². The normalized spacial score (nSPS) is 9.60. The number of carbonyl (C=O) groups is 1. The number of halogens is 1. The zero-order chi connectivity index (χ0) is 11.4. The minimum Gasteiger partial charge on any atom is -0.497 e. The molecule has 5 nitrogen and oxygen atoms in total. The van der Waals surface area contributed by atoms with Gasteiger partial charge in [-0.2, -0.15) is 0 Å². The third-order valence-electron chi connectivity index (χ3n) is 1.83. The predicted molar refractivity (Wildman–Crippen MR) is 58.9 cm³/mol. The van der Waals surface area contributed by atoms with Gasteiger partial charge in [-0.25, -0.2) is 5.84 Å². The molecule has 0 aliphatic rings. The van der Waals surface area contributed by atoms with Crippen LogP contribution in [0.15, 0.2) is 16.6 Å². The van der Waals surface area contributed by atoms with Crippen molar-refractivity contribution in [1.82, 2.24) is 5.43 Å². The molecule has 0 atom stereocenters. The number of nitrogens with two attached hydrogens (primary N) is 1. The Morgan fingerprint density at radius 2 is 2.07 bits per heavy atom. The second-order valence-electron chi connectivity index (χ2n) is 2.66. The van der Waals surface area contributed by atoms with Gasteiger partial charge in [-0.05, 0) is 28.1 Å². The highest BCUT2D eigenvalue weighted by Crippen LogP contribution is 2.33. The monoisotopic (exact) mass is 274 g/mol. The van der Waals surface area contributed by atoms with Gasteiger partial charge in [-0.1, -0.05) is 0 Å². The molecule has 0 radical (unpaired) electrons. The van der Waals surface area contributed by atoms with Crippen LogP contribution in [-0.4, -0.2) is 20.1 Å². The molecule has 0 aromatic heterocycles.